The van der Waals surface area contributed by atoms with Crippen LogP contribution >= 0.6 is 0 Å². The number of aromatic nitrogens is 2. The molecule has 0 amide bonds. The van der Waals surface area contributed by atoms with E-state index in [2.05, 4.69) is 22.5 Å². The van der Waals surface area contributed by atoms with E-state index in [1.54, 1.807) is 0 Å². The van der Waals surface area contributed by atoms with Crippen molar-refractivity contribution in [1.29, 1.82) is 0 Å². The highest BCUT2D eigenvalue weighted by atomic mass is 16.1. The van der Waals surface area contributed by atoms with Gasteiger partial charge >= 0.3 is 0 Å². The molecule has 1 aromatic carbocycles. The van der Waals surface area contributed by atoms with Crippen LogP contribution in [0, 0.1) is 5.92 Å². The molecule has 0 saturated carbocycles. The SMILES string of the molecule is CCC(C)C(=O)Cc1nc2ccccc2n1CC. The first kappa shape index (κ1) is 12.8. The maximum absolute atomic E-state index is 12.0. The number of carbonyl (C=O) groups excluding carboxylic acids is 1. The van der Waals surface area contributed by atoms with E-state index in [0.717, 1.165) is 29.8 Å². The van der Waals surface area contributed by atoms with E-state index < -0.39 is 0 Å². The topological polar surface area (TPSA) is 34.9 Å². The summed E-state index contributed by atoms with van der Waals surface area (Å²) in [4.78, 5) is 16.6. The molecule has 0 saturated heterocycles. The fourth-order valence-corrected chi connectivity index (χ4v) is 2.17. The van der Waals surface area contributed by atoms with Crippen LogP contribution in [0.2, 0.25) is 0 Å². The van der Waals surface area contributed by atoms with Gasteiger partial charge in [0, 0.05) is 12.5 Å². The average Bonchev–Trinajstić information content (AvgIpc) is 2.74. The average molecular weight is 244 g/mol. The molecule has 0 bridgehead atoms. The zero-order valence-electron chi connectivity index (χ0n) is 11.3. The normalized spacial score (nSPS) is 12.8. The number of hydrogen-bond donors (Lipinski definition) is 0. The summed E-state index contributed by atoms with van der Waals surface area (Å²) in [7, 11) is 0. The van der Waals surface area contributed by atoms with Gasteiger partial charge in [-0.05, 0) is 25.5 Å². The van der Waals surface area contributed by atoms with Crippen molar-refractivity contribution >= 4 is 16.8 Å². The Labute approximate surface area is 108 Å². The van der Waals surface area contributed by atoms with Crippen LogP contribution in [0.5, 0.6) is 0 Å². The van der Waals surface area contributed by atoms with Gasteiger partial charge in [0.1, 0.15) is 11.6 Å². The number of Topliss-reactive ketones (excluding diaryl/α,β-unsaturated/α-hetero) is 1. The van der Waals surface area contributed by atoms with Gasteiger partial charge in [-0.2, -0.15) is 0 Å². The molecule has 1 aromatic heterocycles. The molecule has 2 rings (SSSR count). The molecule has 0 N–H and O–H groups in total. The van der Waals surface area contributed by atoms with Crippen molar-refractivity contribution in [1.82, 2.24) is 9.55 Å². The lowest BCUT2D eigenvalue weighted by Crippen LogP contribution is -2.16. The minimum Gasteiger partial charge on any atom is -0.328 e. The predicted octanol–water partition coefficient (Wildman–Crippen LogP) is 3.21. The summed E-state index contributed by atoms with van der Waals surface area (Å²) >= 11 is 0. The molecular formula is C15H20N2O. The highest BCUT2D eigenvalue weighted by Gasteiger charge is 2.16. The van der Waals surface area contributed by atoms with Crippen LogP contribution < -0.4 is 0 Å². The van der Waals surface area contributed by atoms with Gasteiger partial charge in [0.05, 0.1) is 17.5 Å². The molecule has 1 unspecified atom stereocenters. The highest BCUT2D eigenvalue weighted by molar-refractivity contribution is 5.84. The van der Waals surface area contributed by atoms with Crippen LogP contribution in [0.3, 0.4) is 0 Å². The fourth-order valence-electron chi connectivity index (χ4n) is 2.17. The third-order valence-corrected chi connectivity index (χ3v) is 3.54. The third-order valence-electron chi connectivity index (χ3n) is 3.54. The molecule has 18 heavy (non-hydrogen) atoms. The van der Waals surface area contributed by atoms with E-state index >= 15 is 0 Å². The van der Waals surface area contributed by atoms with Crippen molar-refractivity contribution in [3.8, 4) is 0 Å². The molecule has 0 fully saturated rings. The fraction of sp³-hybridized carbons (Fsp3) is 0.467. The van der Waals surface area contributed by atoms with Crippen LogP contribution in [0.4, 0.5) is 0 Å². The minimum absolute atomic E-state index is 0.120. The Morgan fingerprint density at radius 3 is 2.72 bits per heavy atom. The Bertz CT molecular complexity index is 557. The standard InChI is InChI=1S/C15H20N2O/c1-4-11(3)14(18)10-15-16-12-8-6-7-9-13(12)17(15)5-2/h6-9,11H,4-5,10H2,1-3H3. The molecule has 1 heterocycles. The molecule has 3 nitrogen and oxygen atoms in total. The summed E-state index contributed by atoms with van der Waals surface area (Å²) in [5.41, 5.74) is 2.10. The maximum atomic E-state index is 12.0. The minimum atomic E-state index is 0.120. The summed E-state index contributed by atoms with van der Waals surface area (Å²) in [6.45, 7) is 6.97. The van der Waals surface area contributed by atoms with E-state index in [-0.39, 0.29) is 11.7 Å². The van der Waals surface area contributed by atoms with E-state index in [9.17, 15) is 4.79 Å². The smallest absolute Gasteiger partial charge is 0.143 e. The van der Waals surface area contributed by atoms with Crippen LogP contribution in [-0.4, -0.2) is 15.3 Å². The van der Waals surface area contributed by atoms with Crippen LogP contribution in [-0.2, 0) is 17.8 Å². The third kappa shape index (κ3) is 2.30. The second-order valence-corrected chi connectivity index (χ2v) is 4.71. The molecule has 3 heteroatoms. The molecule has 0 spiro atoms. The van der Waals surface area contributed by atoms with Gasteiger partial charge in [-0.3, -0.25) is 4.79 Å². The number of carbonyl (C=O) groups is 1. The Morgan fingerprint density at radius 2 is 2.06 bits per heavy atom. The molecule has 0 aliphatic rings. The summed E-state index contributed by atoms with van der Waals surface area (Å²) in [5, 5.41) is 0. The summed E-state index contributed by atoms with van der Waals surface area (Å²) in [6.07, 6.45) is 1.34. The largest absolute Gasteiger partial charge is 0.328 e. The number of fused-ring (bicyclic) bond motifs is 1. The van der Waals surface area contributed by atoms with Gasteiger partial charge in [-0.25, -0.2) is 4.98 Å². The predicted molar refractivity (Wildman–Crippen MR) is 73.6 cm³/mol. The second-order valence-electron chi connectivity index (χ2n) is 4.71. The van der Waals surface area contributed by atoms with Crippen molar-refractivity contribution < 1.29 is 4.79 Å². The Balaban J connectivity index is 2.36. The van der Waals surface area contributed by atoms with Crippen molar-refractivity contribution in [2.24, 2.45) is 5.92 Å². The van der Waals surface area contributed by atoms with Gasteiger partial charge in [-0.15, -0.1) is 0 Å². The van der Waals surface area contributed by atoms with Gasteiger partial charge in [0.2, 0.25) is 0 Å². The zero-order chi connectivity index (χ0) is 13.1. The van der Waals surface area contributed by atoms with Gasteiger partial charge in [-0.1, -0.05) is 26.0 Å². The molecule has 1 atom stereocenters. The summed E-state index contributed by atoms with van der Waals surface area (Å²) in [5.74, 6) is 1.29. The molecular weight excluding hydrogens is 224 g/mol. The summed E-state index contributed by atoms with van der Waals surface area (Å²) < 4.78 is 2.13. The highest BCUT2D eigenvalue weighted by Crippen LogP contribution is 2.17. The Hall–Kier alpha value is -1.64. The molecule has 0 aliphatic heterocycles. The van der Waals surface area contributed by atoms with E-state index in [1.165, 1.54) is 0 Å². The number of aryl methyl sites for hydroxylation is 1. The monoisotopic (exact) mass is 244 g/mol. The van der Waals surface area contributed by atoms with E-state index in [4.69, 9.17) is 0 Å². The maximum Gasteiger partial charge on any atom is 0.143 e. The number of nitrogens with zero attached hydrogens (tertiary/aromatic N) is 2. The first-order valence-corrected chi connectivity index (χ1v) is 6.64. The van der Waals surface area contributed by atoms with E-state index in [0.29, 0.717) is 6.42 Å². The number of rotatable bonds is 5. The van der Waals surface area contributed by atoms with Crippen molar-refractivity contribution in [3.63, 3.8) is 0 Å². The van der Waals surface area contributed by atoms with Gasteiger partial charge < -0.3 is 4.57 Å². The van der Waals surface area contributed by atoms with Crippen LogP contribution in [0.25, 0.3) is 11.0 Å². The van der Waals surface area contributed by atoms with Crippen LogP contribution in [0.15, 0.2) is 24.3 Å². The number of imidazole rings is 1. The number of benzene rings is 1. The van der Waals surface area contributed by atoms with Gasteiger partial charge in [0.25, 0.3) is 0 Å². The van der Waals surface area contributed by atoms with Gasteiger partial charge in [0.15, 0.2) is 0 Å². The first-order chi connectivity index (χ1) is 8.67. The summed E-state index contributed by atoms with van der Waals surface area (Å²) in [6, 6.07) is 8.05. The second kappa shape index (κ2) is 5.34. The molecule has 2 aromatic rings. The van der Waals surface area contributed by atoms with E-state index in [1.807, 2.05) is 32.0 Å². The lowest BCUT2D eigenvalue weighted by Gasteiger charge is -2.08. The quantitative estimate of drug-likeness (QED) is 0.809. The lowest BCUT2D eigenvalue weighted by atomic mass is 10.0. The zero-order valence-corrected chi connectivity index (χ0v) is 11.3. The molecule has 0 aliphatic carbocycles. The van der Waals surface area contributed by atoms with Crippen molar-refractivity contribution in [2.75, 3.05) is 0 Å². The van der Waals surface area contributed by atoms with Crippen LogP contribution in [0.1, 0.15) is 33.0 Å². The molecule has 96 valence electrons. The Kier molecular flexibility index (Phi) is 3.80. The first-order valence-electron chi connectivity index (χ1n) is 6.64. The molecule has 0 radical (unpaired) electrons. The number of hydrogen-bond acceptors (Lipinski definition) is 2. The number of para-hydroxylation sites is 2. The number of ketones is 1. The van der Waals surface area contributed by atoms with Crippen molar-refractivity contribution in [2.45, 2.75) is 40.2 Å². The van der Waals surface area contributed by atoms with Crippen molar-refractivity contribution in [3.05, 3.63) is 30.1 Å². The Morgan fingerprint density at radius 1 is 1.33 bits per heavy atom. The lowest BCUT2D eigenvalue weighted by molar-refractivity contribution is -0.121.